The first-order chi connectivity index (χ1) is 9.67. The fourth-order valence-corrected chi connectivity index (χ4v) is 3.11. The SMILES string of the molecule is CCCN1CCOC(CNC)C1c1ccc(F)cc1Cl. The van der Waals surface area contributed by atoms with E-state index in [0.717, 1.165) is 38.2 Å². The molecule has 2 rings (SSSR count). The Bertz CT molecular complexity index is 426. The van der Waals surface area contributed by atoms with Crippen molar-refractivity contribution in [1.82, 2.24) is 10.2 Å². The maximum atomic E-state index is 13.3. The molecule has 1 saturated heterocycles. The van der Waals surface area contributed by atoms with Gasteiger partial charge >= 0.3 is 0 Å². The van der Waals surface area contributed by atoms with E-state index in [2.05, 4.69) is 17.1 Å². The number of benzene rings is 1. The Kier molecular flexibility index (Phi) is 5.78. The Hall–Kier alpha value is -0.680. The predicted octanol–water partition coefficient (Wildman–Crippen LogP) is 2.85. The first-order valence-corrected chi connectivity index (χ1v) is 7.50. The van der Waals surface area contributed by atoms with Crippen molar-refractivity contribution >= 4 is 11.6 Å². The van der Waals surface area contributed by atoms with Gasteiger partial charge in [-0.25, -0.2) is 4.39 Å². The van der Waals surface area contributed by atoms with Gasteiger partial charge in [0.1, 0.15) is 5.82 Å². The van der Waals surface area contributed by atoms with Crippen LogP contribution in [0.25, 0.3) is 0 Å². The highest BCUT2D eigenvalue weighted by molar-refractivity contribution is 6.31. The van der Waals surface area contributed by atoms with Gasteiger partial charge in [0.25, 0.3) is 0 Å². The summed E-state index contributed by atoms with van der Waals surface area (Å²) in [6.45, 7) is 5.50. The second-order valence-electron chi connectivity index (χ2n) is 5.11. The van der Waals surface area contributed by atoms with E-state index >= 15 is 0 Å². The maximum absolute atomic E-state index is 13.3. The molecule has 1 fully saturated rings. The smallest absolute Gasteiger partial charge is 0.124 e. The molecule has 2 unspecified atom stereocenters. The summed E-state index contributed by atoms with van der Waals surface area (Å²) < 4.78 is 19.2. The lowest BCUT2D eigenvalue weighted by molar-refractivity contribution is -0.0704. The van der Waals surface area contributed by atoms with Crippen LogP contribution in [0, 0.1) is 5.82 Å². The van der Waals surface area contributed by atoms with Gasteiger partial charge in [-0.3, -0.25) is 4.90 Å². The Morgan fingerprint density at radius 2 is 2.30 bits per heavy atom. The van der Waals surface area contributed by atoms with Crippen LogP contribution in [0.1, 0.15) is 24.9 Å². The Balaban J connectivity index is 2.32. The lowest BCUT2D eigenvalue weighted by atomic mass is 9.97. The van der Waals surface area contributed by atoms with Gasteiger partial charge in [-0.2, -0.15) is 0 Å². The third kappa shape index (κ3) is 3.50. The number of likely N-dealkylation sites (N-methyl/N-ethyl adjacent to an activating group) is 1. The molecule has 0 radical (unpaired) electrons. The van der Waals surface area contributed by atoms with Crippen molar-refractivity contribution < 1.29 is 9.13 Å². The van der Waals surface area contributed by atoms with Crippen molar-refractivity contribution in [2.45, 2.75) is 25.5 Å². The van der Waals surface area contributed by atoms with E-state index in [1.54, 1.807) is 6.07 Å². The van der Waals surface area contributed by atoms with Crippen LogP contribution in [0.5, 0.6) is 0 Å². The zero-order chi connectivity index (χ0) is 14.5. The molecule has 20 heavy (non-hydrogen) atoms. The normalized spacial score (nSPS) is 24.0. The van der Waals surface area contributed by atoms with Gasteiger partial charge in [-0.05, 0) is 37.7 Å². The lowest BCUT2D eigenvalue weighted by Gasteiger charge is -2.41. The molecule has 1 N–H and O–H groups in total. The molecule has 1 heterocycles. The summed E-state index contributed by atoms with van der Waals surface area (Å²) >= 11 is 6.25. The van der Waals surface area contributed by atoms with E-state index in [1.807, 2.05) is 7.05 Å². The minimum absolute atomic E-state index is 0.0308. The quantitative estimate of drug-likeness (QED) is 0.905. The van der Waals surface area contributed by atoms with Crippen LogP contribution in [0.2, 0.25) is 5.02 Å². The van der Waals surface area contributed by atoms with Gasteiger partial charge in [0.15, 0.2) is 0 Å². The van der Waals surface area contributed by atoms with E-state index in [0.29, 0.717) is 5.02 Å². The lowest BCUT2D eigenvalue weighted by Crippen LogP contribution is -2.49. The van der Waals surface area contributed by atoms with Crippen molar-refractivity contribution in [3.8, 4) is 0 Å². The van der Waals surface area contributed by atoms with E-state index < -0.39 is 0 Å². The topological polar surface area (TPSA) is 24.5 Å². The fraction of sp³-hybridized carbons (Fsp3) is 0.600. The molecule has 0 aromatic heterocycles. The van der Waals surface area contributed by atoms with Crippen molar-refractivity contribution in [3.63, 3.8) is 0 Å². The number of halogens is 2. The molecule has 0 bridgehead atoms. The predicted molar refractivity (Wildman–Crippen MR) is 79.7 cm³/mol. The molecule has 2 atom stereocenters. The van der Waals surface area contributed by atoms with Crippen LogP contribution >= 0.6 is 11.6 Å². The van der Waals surface area contributed by atoms with E-state index in [9.17, 15) is 4.39 Å². The number of morpholine rings is 1. The molecule has 5 heteroatoms. The van der Waals surface area contributed by atoms with Gasteiger partial charge in [0.2, 0.25) is 0 Å². The molecule has 1 aliphatic heterocycles. The molecular formula is C15H22ClFN2O. The average molecular weight is 301 g/mol. The monoisotopic (exact) mass is 300 g/mol. The van der Waals surface area contributed by atoms with Gasteiger partial charge in [-0.1, -0.05) is 24.6 Å². The zero-order valence-electron chi connectivity index (χ0n) is 12.0. The highest BCUT2D eigenvalue weighted by Crippen LogP contribution is 2.34. The number of hydrogen-bond acceptors (Lipinski definition) is 3. The van der Waals surface area contributed by atoms with Gasteiger partial charge in [-0.15, -0.1) is 0 Å². The van der Waals surface area contributed by atoms with Crippen molar-refractivity contribution in [2.24, 2.45) is 0 Å². The third-order valence-corrected chi connectivity index (χ3v) is 3.98. The van der Waals surface area contributed by atoms with E-state index in [4.69, 9.17) is 16.3 Å². The number of rotatable bonds is 5. The second-order valence-corrected chi connectivity index (χ2v) is 5.52. The summed E-state index contributed by atoms with van der Waals surface area (Å²) in [7, 11) is 1.91. The highest BCUT2D eigenvalue weighted by atomic mass is 35.5. The molecule has 112 valence electrons. The molecule has 3 nitrogen and oxygen atoms in total. The Morgan fingerprint density at radius 1 is 1.50 bits per heavy atom. The largest absolute Gasteiger partial charge is 0.374 e. The number of hydrogen-bond donors (Lipinski definition) is 1. The summed E-state index contributed by atoms with van der Waals surface area (Å²) in [5.74, 6) is -0.303. The van der Waals surface area contributed by atoms with Crippen molar-refractivity contribution in [1.29, 1.82) is 0 Å². The molecule has 0 spiro atoms. The standard InChI is InChI=1S/C15H22ClFN2O/c1-3-6-19-7-8-20-14(10-18-2)15(19)12-5-4-11(17)9-13(12)16/h4-5,9,14-15,18H,3,6-8,10H2,1-2H3. The second kappa shape index (κ2) is 7.36. The zero-order valence-corrected chi connectivity index (χ0v) is 12.8. The van der Waals surface area contributed by atoms with Gasteiger partial charge < -0.3 is 10.1 Å². The van der Waals surface area contributed by atoms with E-state index in [-0.39, 0.29) is 18.0 Å². The summed E-state index contributed by atoms with van der Waals surface area (Å²) in [4.78, 5) is 2.38. The molecule has 1 aromatic carbocycles. The number of nitrogens with one attached hydrogen (secondary N) is 1. The third-order valence-electron chi connectivity index (χ3n) is 3.65. The van der Waals surface area contributed by atoms with Gasteiger partial charge in [0, 0.05) is 18.1 Å². The maximum Gasteiger partial charge on any atom is 0.124 e. The Morgan fingerprint density at radius 3 is 2.95 bits per heavy atom. The van der Waals surface area contributed by atoms with Crippen LogP contribution < -0.4 is 5.32 Å². The molecule has 1 aromatic rings. The summed E-state index contributed by atoms with van der Waals surface area (Å²) in [5.41, 5.74) is 0.946. The number of ether oxygens (including phenoxy) is 1. The molecular weight excluding hydrogens is 279 g/mol. The first kappa shape index (κ1) is 15.7. The minimum atomic E-state index is -0.303. The highest BCUT2D eigenvalue weighted by Gasteiger charge is 2.33. The molecule has 0 aliphatic carbocycles. The van der Waals surface area contributed by atoms with Crippen LogP contribution in [-0.2, 0) is 4.74 Å². The minimum Gasteiger partial charge on any atom is -0.374 e. The average Bonchev–Trinajstić information content (AvgIpc) is 2.41. The van der Waals surface area contributed by atoms with Crippen molar-refractivity contribution in [2.75, 3.05) is 33.3 Å². The molecule has 1 aliphatic rings. The first-order valence-electron chi connectivity index (χ1n) is 7.12. The molecule has 0 amide bonds. The van der Waals surface area contributed by atoms with Crippen LogP contribution in [0.15, 0.2) is 18.2 Å². The van der Waals surface area contributed by atoms with Crippen LogP contribution in [0.3, 0.4) is 0 Å². The number of nitrogens with zero attached hydrogens (tertiary/aromatic N) is 1. The van der Waals surface area contributed by atoms with E-state index in [1.165, 1.54) is 12.1 Å². The summed E-state index contributed by atoms with van der Waals surface area (Å²) in [6, 6.07) is 4.70. The van der Waals surface area contributed by atoms with Crippen molar-refractivity contribution in [3.05, 3.63) is 34.6 Å². The molecule has 0 saturated carbocycles. The summed E-state index contributed by atoms with van der Waals surface area (Å²) in [5, 5.41) is 3.64. The fourth-order valence-electron chi connectivity index (χ4n) is 2.83. The van der Waals surface area contributed by atoms with Crippen LogP contribution in [0.4, 0.5) is 4.39 Å². The Labute approximate surface area is 125 Å². The summed E-state index contributed by atoms with van der Waals surface area (Å²) in [6.07, 6.45) is 1.10. The van der Waals surface area contributed by atoms with Crippen LogP contribution in [-0.4, -0.2) is 44.3 Å². The van der Waals surface area contributed by atoms with Gasteiger partial charge in [0.05, 0.1) is 18.8 Å².